The summed E-state index contributed by atoms with van der Waals surface area (Å²) in [5.41, 5.74) is 0.514. The maximum Gasteiger partial charge on any atom is 0.329 e. The van der Waals surface area contributed by atoms with E-state index in [0.717, 1.165) is 24.8 Å². The van der Waals surface area contributed by atoms with Gasteiger partial charge in [-0.25, -0.2) is 9.48 Å². The van der Waals surface area contributed by atoms with Crippen LogP contribution in [-0.4, -0.2) is 171 Å². The van der Waals surface area contributed by atoms with Crippen LogP contribution in [0.4, 0.5) is 0 Å². The molecule has 3 aliphatic heterocycles. The molecule has 5 N–H and O–H groups in total. The van der Waals surface area contributed by atoms with Gasteiger partial charge in [0.2, 0.25) is 5.79 Å². The highest BCUT2D eigenvalue weighted by Gasteiger charge is 2.53. The van der Waals surface area contributed by atoms with Crippen molar-refractivity contribution in [2.75, 3.05) is 47.7 Å². The molecule has 1 aromatic heterocycles. The molecule has 0 aromatic carbocycles. The number of fused-ring (bicyclic) bond motifs is 3. The van der Waals surface area contributed by atoms with Crippen LogP contribution in [-0.2, 0) is 59.6 Å². The Bertz CT molecular complexity index is 2270. The molecule has 5 rings (SSSR count). The van der Waals surface area contributed by atoms with Gasteiger partial charge in [-0.05, 0) is 126 Å². The third-order valence-corrected chi connectivity index (χ3v) is 17.3. The van der Waals surface area contributed by atoms with Gasteiger partial charge in [0.15, 0.2) is 5.78 Å². The molecule has 0 unspecified atom stereocenters. The molecule has 15 atom stereocenters. The van der Waals surface area contributed by atoms with E-state index >= 15 is 0 Å². The number of aliphatic hydroxyl groups excluding tert-OH is 4. The summed E-state index contributed by atoms with van der Waals surface area (Å²) in [5.74, 6) is -8.02. The SMILES string of the molecule is CO[C@H]1C[C@@H]2CC[C@@H](C)[C@@](O)(O2)C(=O)C(=O)N2CCCC[C@H]2C(=O)O[C@H]([C@H](C)C[C@@H]2CC[C@@H](CCc3cn(C(CO)(CO)CO)nn3)[C@H](OC)C2)CC(=O)[C@H](C)/C=C(\C)[C@@H](O)[C@@H](OC)C(=O)[C@H](C)C[C@H](C)/C=C/C=C/C=C/1C. The van der Waals surface area contributed by atoms with Crippen molar-refractivity contribution in [1.29, 1.82) is 0 Å². The number of rotatable bonds is 13. The van der Waals surface area contributed by atoms with Crippen LogP contribution in [0.3, 0.4) is 0 Å². The smallest absolute Gasteiger partial charge is 0.329 e. The lowest BCUT2D eigenvalue weighted by Gasteiger charge is -2.42. The summed E-state index contributed by atoms with van der Waals surface area (Å²) in [7, 11) is 4.62. The highest BCUT2D eigenvalue weighted by atomic mass is 16.6. The Kier molecular flexibility index (Phi) is 24.8. The van der Waals surface area contributed by atoms with E-state index in [0.29, 0.717) is 69.1 Å². The number of carbonyl (C=O) groups is 5. The van der Waals surface area contributed by atoms with E-state index in [4.69, 9.17) is 23.7 Å². The zero-order valence-corrected chi connectivity index (χ0v) is 48.0. The number of allylic oxidation sites excluding steroid dienone is 6. The molecule has 78 heavy (non-hydrogen) atoms. The number of hydrogen-bond acceptors (Lipinski definition) is 17. The summed E-state index contributed by atoms with van der Waals surface area (Å²) in [4.78, 5) is 72.8. The van der Waals surface area contributed by atoms with Crippen molar-refractivity contribution in [2.24, 2.45) is 41.4 Å². The van der Waals surface area contributed by atoms with Crippen LogP contribution in [0, 0.1) is 41.4 Å². The zero-order valence-electron chi connectivity index (χ0n) is 48.0. The fourth-order valence-electron chi connectivity index (χ4n) is 11.9. The monoisotopic (exact) mass is 1100 g/mol. The number of amides is 1. The van der Waals surface area contributed by atoms with E-state index in [9.17, 15) is 49.5 Å². The van der Waals surface area contributed by atoms with Crippen molar-refractivity contribution in [2.45, 2.75) is 192 Å². The van der Waals surface area contributed by atoms with Crippen LogP contribution < -0.4 is 0 Å². The van der Waals surface area contributed by atoms with E-state index < -0.39 is 103 Å². The number of hydrogen-bond donors (Lipinski definition) is 5. The maximum absolute atomic E-state index is 14.6. The molecule has 19 heteroatoms. The fraction of sp³-hybridized carbons (Fsp3) is 0.746. The molecule has 19 nitrogen and oxygen atoms in total. The average Bonchev–Trinajstić information content (AvgIpc) is 3.95. The molecular weight excluding hydrogens is 1000 g/mol. The van der Waals surface area contributed by atoms with Gasteiger partial charge >= 0.3 is 5.97 Å². The summed E-state index contributed by atoms with van der Waals surface area (Å²) in [6.45, 7) is 11.2. The minimum atomic E-state index is -2.46. The molecule has 1 aromatic rings. The Balaban J connectivity index is 1.42. The van der Waals surface area contributed by atoms with E-state index in [1.54, 1.807) is 47.3 Å². The summed E-state index contributed by atoms with van der Waals surface area (Å²) in [5, 5.41) is 61.6. The summed E-state index contributed by atoms with van der Waals surface area (Å²) < 4.78 is 31.4. The Morgan fingerprint density at radius 2 is 1.58 bits per heavy atom. The fourth-order valence-corrected chi connectivity index (χ4v) is 11.9. The second kappa shape index (κ2) is 29.9. The van der Waals surface area contributed by atoms with Crippen molar-refractivity contribution in [3.05, 3.63) is 59.5 Å². The molecule has 0 radical (unpaired) electrons. The number of methoxy groups -OCH3 is 3. The van der Waals surface area contributed by atoms with Gasteiger partial charge in [-0.2, -0.15) is 0 Å². The number of aryl methyl sites for hydroxylation is 1. The third kappa shape index (κ3) is 16.2. The minimum absolute atomic E-state index is 0.00000628. The molecule has 4 heterocycles. The first-order valence-electron chi connectivity index (χ1n) is 28.3. The molecule has 1 saturated carbocycles. The Hall–Kier alpha value is -4.31. The summed E-state index contributed by atoms with van der Waals surface area (Å²) in [6, 6.07) is -1.17. The maximum atomic E-state index is 14.6. The number of Topliss-reactive ketones (excluding diaryl/α,β-unsaturated/α-hetero) is 3. The van der Waals surface area contributed by atoms with Crippen molar-refractivity contribution in [3.63, 3.8) is 0 Å². The lowest BCUT2D eigenvalue weighted by Crippen LogP contribution is -2.61. The van der Waals surface area contributed by atoms with E-state index in [1.165, 1.54) is 16.7 Å². The molecule has 3 fully saturated rings. The van der Waals surface area contributed by atoms with Crippen LogP contribution in [0.2, 0.25) is 0 Å². The molecular formula is C59H92N4O15. The number of nitrogens with zero attached hydrogens (tertiary/aromatic N) is 4. The number of ether oxygens (including phenoxy) is 5. The Morgan fingerprint density at radius 3 is 2.24 bits per heavy atom. The predicted octanol–water partition coefficient (Wildman–Crippen LogP) is 5.33. The van der Waals surface area contributed by atoms with E-state index in [2.05, 4.69) is 10.3 Å². The molecule has 4 aliphatic rings. The van der Waals surface area contributed by atoms with Crippen molar-refractivity contribution >= 4 is 29.2 Å². The normalized spacial score (nSPS) is 35.9. The molecule has 2 bridgehead atoms. The average molecular weight is 1100 g/mol. The molecule has 0 spiro atoms. The third-order valence-electron chi connectivity index (χ3n) is 17.3. The molecule has 1 amide bonds. The van der Waals surface area contributed by atoms with Gasteiger partial charge in [-0.15, -0.1) is 5.10 Å². The van der Waals surface area contributed by atoms with E-state index in [1.807, 2.05) is 58.1 Å². The molecule has 438 valence electrons. The number of carbonyl (C=O) groups excluding carboxylic acids is 5. The minimum Gasteiger partial charge on any atom is -0.460 e. The largest absolute Gasteiger partial charge is 0.460 e. The quantitative estimate of drug-likeness (QED) is 0.0949. The van der Waals surface area contributed by atoms with Gasteiger partial charge in [-0.1, -0.05) is 76.3 Å². The number of esters is 1. The Morgan fingerprint density at radius 1 is 0.859 bits per heavy atom. The first-order chi connectivity index (χ1) is 37.1. The first kappa shape index (κ1) is 64.5. The lowest BCUT2D eigenvalue weighted by atomic mass is 9.74. The second-order valence-corrected chi connectivity index (χ2v) is 23.2. The predicted molar refractivity (Wildman–Crippen MR) is 290 cm³/mol. The summed E-state index contributed by atoms with van der Waals surface area (Å²) in [6.07, 6.45) is 15.0. The Labute approximate surface area is 461 Å². The van der Waals surface area contributed by atoms with Crippen molar-refractivity contribution in [3.8, 4) is 0 Å². The van der Waals surface area contributed by atoms with Crippen molar-refractivity contribution in [1.82, 2.24) is 19.9 Å². The van der Waals surface area contributed by atoms with Crippen LogP contribution in [0.5, 0.6) is 0 Å². The van der Waals surface area contributed by atoms with Gasteiger partial charge in [0.05, 0.1) is 43.8 Å². The van der Waals surface area contributed by atoms with Crippen LogP contribution in [0.15, 0.2) is 53.8 Å². The summed E-state index contributed by atoms with van der Waals surface area (Å²) >= 11 is 0. The topological polar surface area (TPSA) is 267 Å². The van der Waals surface area contributed by atoms with E-state index in [-0.39, 0.29) is 60.7 Å². The zero-order chi connectivity index (χ0) is 57.5. The van der Waals surface area contributed by atoms with Crippen LogP contribution in [0.1, 0.15) is 138 Å². The molecule has 1 aliphatic carbocycles. The van der Waals surface area contributed by atoms with Crippen LogP contribution >= 0.6 is 0 Å². The van der Waals surface area contributed by atoms with Crippen LogP contribution in [0.25, 0.3) is 0 Å². The highest BCUT2D eigenvalue weighted by molar-refractivity contribution is 6.39. The van der Waals surface area contributed by atoms with Gasteiger partial charge < -0.3 is 54.1 Å². The van der Waals surface area contributed by atoms with Gasteiger partial charge in [0, 0.05) is 64.7 Å². The second-order valence-electron chi connectivity index (χ2n) is 23.2. The number of cyclic esters (lactones) is 1. The first-order valence-corrected chi connectivity index (χ1v) is 28.3. The van der Waals surface area contributed by atoms with Gasteiger partial charge in [0.1, 0.15) is 35.7 Å². The number of aromatic nitrogens is 3. The van der Waals surface area contributed by atoms with Crippen molar-refractivity contribution < 1.29 is 73.2 Å². The van der Waals surface area contributed by atoms with Gasteiger partial charge in [-0.3, -0.25) is 19.2 Å². The lowest BCUT2D eigenvalue weighted by molar-refractivity contribution is -0.265. The number of ketones is 3. The van der Waals surface area contributed by atoms with Gasteiger partial charge in [0.25, 0.3) is 11.7 Å². The highest BCUT2D eigenvalue weighted by Crippen LogP contribution is 2.40. The standard InChI is InChI=1S/C59H92N4O15/c1-36-16-12-11-13-17-37(2)49(74-8)30-46-24-19-42(7)59(73,78-46)55(70)56(71)62-25-15-14-18-47(62)57(72)77-50(31-48(67)38(3)27-41(6)53(69)54(76-10)52(68)40(5)26-36)39(4)28-43-20-21-44(51(29-43)75-9)22-23-45-32-63(61-60-45)58(33-64,34-65)35-66/h11-13,16-17,27,32,36,38-40,42-44,46-47,49-51,53-54,64-66,69,73H,14-15,18-26,28-31,33-35H2,1-10H3/b13-11+,16-12+,37-17+,41-27+/t36-,38-,39-,40-,42-,43+,44+,46+,47+,49+,50+,51-,53-,54+,59-/m1/s1. The number of piperidine rings is 1. The number of aliphatic hydroxyl groups is 5. The molecule has 2 saturated heterocycles.